The van der Waals surface area contributed by atoms with Crippen molar-refractivity contribution in [1.82, 2.24) is 4.90 Å². The van der Waals surface area contributed by atoms with E-state index in [2.05, 4.69) is 9.98 Å². The normalized spacial score (nSPS) is 15.8. The Morgan fingerprint density at radius 3 is 2.50 bits per heavy atom. The fourth-order valence-corrected chi connectivity index (χ4v) is 2.76. The number of nitrogens with zero attached hydrogens (tertiary/aromatic N) is 3. The van der Waals surface area contributed by atoms with E-state index in [0.29, 0.717) is 37.1 Å². The molecule has 1 aromatic carbocycles. The van der Waals surface area contributed by atoms with E-state index in [1.165, 1.54) is 0 Å². The first-order chi connectivity index (χ1) is 13.1. The van der Waals surface area contributed by atoms with E-state index in [-0.39, 0.29) is 18.0 Å². The third-order valence-corrected chi connectivity index (χ3v) is 4.06. The van der Waals surface area contributed by atoms with Gasteiger partial charge < -0.3 is 31.6 Å². The molecule has 2 rings (SSSR count). The number of benzene rings is 1. The number of hydrogen-bond acceptors (Lipinski definition) is 4. The summed E-state index contributed by atoms with van der Waals surface area (Å²) in [6.07, 6.45) is 1.49. The summed E-state index contributed by atoms with van der Waals surface area (Å²) in [6.45, 7) is 7.52. The Morgan fingerprint density at radius 2 is 1.89 bits per heavy atom. The molecule has 154 valence electrons. The molecule has 9 heteroatoms. The van der Waals surface area contributed by atoms with Crippen molar-refractivity contribution in [1.29, 1.82) is 0 Å². The number of aliphatic imine (C=N–C) groups is 2. The average Bonchev–Trinajstić information content (AvgIpc) is 2.58. The van der Waals surface area contributed by atoms with E-state index >= 15 is 0 Å². The van der Waals surface area contributed by atoms with Gasteiger partial charge in [-0.05, 0) is 51.7 Å². The van der Waals surface area contributed by atoms with Crippen LogP contribution in [0.3, 0.4) is 0 Å². The summed E-state index contributed by atoms with van der Waals surface area (Å²) in [6, 6.07) is 7.22. The summed E-state index contributed by atoms with van der Waals surface area (Å²) >= 11 is 0. The Labute approximate surface area is 165 Å². The zero-order valence-electron chi connectivity index (χ0n) is 16.7. The first-order valence-corrected chi connectivity index (χ1v) is 9.27. The number of ether oxygens (including phenoxy) is 2. The standard InChI is InChI=1S/C19H30N6O3/c1-19(2,3)28-18(26)25-9-7-13(8-10-25)12-27-15-6-4-5-14(11-15)23-17(22)24-16(20)21/h4-6,11,13H,7-10,12H2,1-3H3,(H6,20,21,22,23,24). The first-order valence-electron chi connectivity index (χ1n) is 9.27. The lowest BCUT2D eigenvalue weighted by Crippen LogP contribution is -2.42. The van der Waals surface area contributed by atoms with Crippen molar-refractivity contribution in [3.05, 3.63) is 24.3 Å². The van der Waals surface area contributed by atoms with Gasteiger partial charge in [-0.2, -0.15) is 4.99 Å². The molecule has 1 aliphatic heterocycles. The van der Waals surface area contributed by atoms with Gasteiger partial charge in [-0.15, -0.1) is 0 Å². The predicted octanol–water partition coefficient (Wildman–Crippen LogP) is 1.93. The van der Waals surface area contributed by atoms with Gasteiger partial charge in [-0.1, -0.05) is 6.07 Å². The molecule has 0 saturated carbocycles. The van der Waals surface area contributed by atoms with Crippen LogP contribution in [-0.4, -0.2) is 48.2 Å². The van der Waals surface area contributed by atoms with Crippen LogP contribution >= 0.6 is 0 Å². The summed E-state index contributed by atoms with van der Waals surface area (Å²) in [5.74, 6) is 0.893. The Morgan fingerprint density at radius 1 is 1.21 bits per heavy atom. The van der Waals surface area contributed by atoms with Crippen LogP contribution in [0.2, 0.25) is 0 Å². The molecule has 0 aromatic heterocycles. The van der Waals surface area contributed by atoms with Crippen LogP contribution in [-0.2, 0) is 4.74 Å². The highest BCUT2D eigenvalue weighted by Crippen LogP contribution is 2.24. The fraction of sp³-hybridized carbons (Fsp3) is 0.526. The molecule has 0 unspecified atom stereocenters. The van der Waals surface area contributed by atoms with Gasteiger partial charge in [0.25, 0.3) is 0 Å². The van der Waals surface area contributed by atoms with E-state index in [4.69, 9.17) is 26.7 Å². The molecule has 0 atom stereocenters. The van der Waals surface area contributed by atoms with Crippen LogP contribution in [0.25, 0.3) is 0 Å². The van der Waals surface area contributed by atoms with Gasteiger partial charge in [0, 0.05) is 19.2 Å². The van der Waals surface area contributed by atoms with E-state index < -0.39 is 5.60 Å². The Balaban J connectivity index is 1.83. The molecule has 1 aromatic rings. The minimum Gasteiger partial charge on any atom is -0.493 e. The van der Waals surface area contributed by atoms with Crippen molar-refractivity contribution in [2.75, 3.05) is 19.7 Å². The third-order valence-electron chi connectivity index (χ3n) is 4.06. The lowest BCUT2D eigenvalue weighted by Gasteiger charge is -2.33. The average molecular weight is 390 g/mol. The van der Waals surface area contributed by atoms with Crippen molar-refractivity contribution in [3.8, 4) is 5.75 Å². The number of guanidine groups is 2. The Bertz CT molecular complexity index is 729. The van der Waals surface area contributed by atoms with Crippen LogP contribution in [0, 0.1) is 5.92 Å². The molecular formula is C19H30N6O3. The topological polar surface area (TPSA) is 142 Å². The molecule has 0 aliphatic carbocycles. The van der Waals surface area contributed by atoms with Crippen LogP contribution in [0.5, 0.6) is 5.75 Å². The van der Waals surface area contributed by atoms with Gasteiger partial charge in [-0.25, -0.2) is 9.79 Å². The largest absolute Gasteiger partial charge is 0.493 e. The molecule has 1 heterocycles. The molecule has 1 aliphatic rings. The van der Waals surface area contributed by atoms with E-state index in [0.717, 1.165) is 12.8 Å². The van der Waals surface area contributed by atoms with Crippen molar-refractivity contribution >= 4 is 23.7 Å². The first kappa shape index (κ1) is 21.3. The maximum Gasteiger partial charge on any atom is 0.410 e. The van der Waals surface area contributed by atoms with Crippen molar-refractivity contribution in [2.24, 2.45) is 33.1 Å². The second-order valence-corrected chi connectivity index (χ2v) is 7.73. The minimum absolute atomic E-state index is 0.0216. The van der Waals surface area contributed by atoms with Gasteiger partial charge in [0.2, 0.25) is 5.96 Å². The molecule has 0 bridgehead atoms. The maximum atomic E-state index is 12.1. The van der Waals surface area contributed by atoms with Crippen LogP contribution in [0.4, 0.5) is 10.5 Å². The van der Waals surface area contributed by atoms with Crippen LogP contribution < -0.4 is 21.9 Å². The van der Waals surface area contributed by atoms with E-state index in [1.54, 1.807) is 17.0 Å². The molecule has 6 N–H and O–H groups in total. The molecular weight excluding hydrogens is 360 g/mol. The number of likely N-dealkylation sites (tertiary alicyclic amines) is 1. The smallest absolute Gasteiger partial charge is 0.410 e. The predicted molar refractivity (Wildman–Crippen MR) is 110 cm³/mol. The summed E-state index contributed by atoms with van der Waals surface area (Å²) < 4.78 is 11.3. The second-order valence-electron chi connectivity index (χ2n) is 7.73. The fourth-order valence-electron chi connectivity index (χ4n) is 2.76. The van der Waals surface area contributed by atoms with Gasteiger partial charge in [0.15, 0.2) is 5.96 Å². The zero-order valence-corrected chi connectivity index (χ0v) is 16.7. The number of nitrogens with two attached hydrogens (primary N) is 3. The Kier molecular flexibility index (Phi) is 7.08. The number of amides is 1. The SMILES string of the molecule is CC(C)(C)OC(=O)N1CCC(COc2cccc(N=C(N)N=C(N)N)c2)CC1. The van der Waals surface area contributed by atoms with Gasteiger partial charge in [0.1, 0.15) is 11.4 Å². The highest BCUT2D eigenvalue weighted by atomic mass is 16.6. The number of hydrogen-bond donors (Lipinski definition) is 3. The van der Waals surface area contributed by atoms with Gasteiger partial charge in [0.05, 0.1) is 12.3 Å². The summed E-state index contributed by atoms with van der Waals surface area (Å²) in [4.78, 5) is 21.7. The monoisotopic (exact) mass is 390 g/mol. The van der Waals surface area contributed by atoms with Crippen LogP contribution in [0.15, 0.2) is 34.3 Å². The zero-order chi connectivity index (χ0) is 20.7. The van der Waals surface area contributed by atoms with Crippen molar-refractivity contribution in [3.63, 3.8) is 0 Å². The highest BCUT2D eigenvalue weighted by Gasteiger charge is 2.27. The number of rotatable bonds is 4. The lowest BCUT2D eigenvalue weighted by molar-refractivity contribution is 0.0165. The molecule has 1 fully saturated rings. The number of piperidine rings is 1. The maximum absolute atomic E-state index is 12.1. The molecule has 0 radical (unpaired) electrons. The van der Waals surface area contributed by atoms with Crippen LogP contribution in [0.1, 0.15) is 33.6 Å². The molecule has 1 saturated heterocycles. The minimum atomic E-state index is -0.477. The third kappa shape index (κ3) is 7.34. The van der Waals surface area contributed by atoms with E-state index in [1.807, 2.05) is 32.9 Å². The van der Waals surface area contributed by atoms with Crippen molar-refractivity contribution < 1.29 is 14.3 Å². The highest BCUT2D eigenvalue weighted by molar-refractivity contribution is 5.93. The molecule has 9 nitrogen and oxygen atoms in total. The number of carbonyl (C=O) groups is 1. The summed E-state index contributed by atoms with van der Waals surface area (Å²) in [7, 11) is 0. The Hall–Kier alpha value is -2.97. The van der Waals surface area contributed by atoms with Crippen molar-refractivity contribution in [2.45, 2.75) is 39.2 Å². The summed E-state index contributed by atoms with van der Waals surface area (Å²) in [5, 5.41) is 0. The van der Waals surface area contributed by atoms with Gasteiger partial charge >= 0.3 is 6.09 Å². The molecule has 0 spiro atoms. The lowest BCUT2D eigenvalue weighted by atomic mass is 9.98. The van der Waals surface area contributed by atoms with Gasteiger partial charge in [-0.3, -0.25) is 0 Å². The quantitative estimate of drug-likeness (QED) is 0.530. The second kappa shape index (κ2) is 9.29. The number of carbonyl (C=O) groups excluding carboxylic acids is 1. The molecule has 28 heavy (non-hydrogen) atoms. The van der Waals surface area contributed by atoms with E-state index in [9.17, 15) is 4.79 Å². The molecule has 1 amide bonds. The summed E-state index contributed by atoms with van der Waals surface area (Å²) in [5.41, 5.74) is 16.3.